The maximum atomic E-state index is 12.5. The number of benzene rings is 2. The molecule has 0 amide bonds. The predicted molar refractivity (Wildman–Crippen MR) is 128 cm³/mol. The fraction of sp³-hybridized carbons (Fsp3) is 0.480. The third-order valence-electron chi connectivity index (χ3n) is 5.94. The molecular weight excluding hydrogens is 531 g/mol. The summed E-state index contributed by atoms with van der Waals surface area (Å²) in [6.07, 6.45) is 1.02. The smallest absolute Gasteiger partial charge is 0.508 e. The summed E-state index contributed by atoms with van der Waals surface area (Å²) < 4.78 is 74.3. The van der Waals surface area contributed by atoms with Crippen LogP contribution in [-0.4, -0.2) is 61.3 Å². The second-order valence-corrected chi connectivity index (χ2v) is 10.4. The molecule has 2 aromatic carbocycles. The molecule has 0 saturated carbocycles. The number of alkyl halides is 3. The molecule has 3 N–H and O–H groups in total. The molecule has 2 aliphatic heterocycles. The van der Waals surface area contributed by atoms with Gasteiger partial charge in [-0.2, -0.15) is 26.9 Å². The van der Waals surface area contributed by atoms with Crippen LogP contribution in [0.15, 0.2) is 36.4 Å². The maximum Gasteiger partial charge on any atom is 0.534 e. The lowest BCUT2D eigenvalue weighted by Crippen LogP contribution is -2.33. The number of halogens is 3. The van der Waals surface area contributed by atoms with Crippen molar-refractivity contribution >= 4 is 10.1 Å². The van der Waals surface area contributed by atoms with Crippen LogP contribution in [0.2, 0.25) is 0 Å². The number of ether oxygens (including phenoxy) is 2. The van der Waals surface area contributed by atoms with Crippen molar-refractivity contribution < 1.29 is 50.6 Å². The Morgan fingerprint density at radius 1 is 1.11 bits per heavy atom. The molecule has 38 heavy (non-hydrogen) atoms. The van der Waals surface area contributed by atoms with Gasteiger partial charge in [0.2, 0.25) is 0 Å². The average molecular weight is 560 g/mol. The Morgan fingerprint density at radius 3 is 2.29 bits per heavy atom. The number of aromatic hydroxyl groups is 1. The second kappa shape index (κ2) is 12.8. The normalized spacial score (nSPS) is 21.7. The van der Waals surface area contributed by atoms with Gasteiger partial charge in [-0.05, 0) is 54.7 Å². The predicted octanol–water partition coefficient (Wildman–Crippen LogP) is 3.45. The van der Waals surface area contributed by atoms with Crippen molar-refractivity contribution in [2.45, 2.75) is 55.9 Å². The quantitative estimate of drug-likeness (QED) is 0.358. The first-order valence-electron chi connectivity index (χ1n) is 11.8. The number of nitriles is 1. The Hall–Kier alpha value is -2.89. The number of phenolic OH excluding ortho intramolecular Hbond substituents is 1. The molecule has 2 fully saturated rings. The van der Waals surface area contributed by atoms with Crippen molar-refractivity contribution in [3.63, 3.8) is 0 Å². The van der Waals surface area contributed by atoms with Gasteiger partial charge in [0.15, 0.2) is 0 Å². The van der Waals surface area contributed by atoms with Gasteiger partial charge >= 0.3 is 15.6 Å². The minimum absolute atomic E-state index is 0.126. The molecule has 0 aromatic heterocycles. The Labute approximate surface area is 218 Å². The van der Waals surface area contributed by atoms with Crippen molar-refractivity contribution in [1.29, 1.82) is 5.26 Å². The van der Waals surface area contributed by atoms with Crippen molar-refractivity contribution in [2.24, 2.45) is 0 Å². The fourth-order valence-electron chi connectivity index (χ4n) is 4.04. The summed E-state index contributed by atoms with van der Waals surface area (Å²) in [7, 11) is -5.79. The van der Waals surface area contributed by atoms with Crippen LogP contribution >= 0.6 is 0 Å². The molecule has 208 valence electrons. The van der Waals surface area contributed by atoms with E-state index in [-0.39, 0.29) is 37.2 Å². The standard InChI is InChI=1S/C21H20F3NO7S.C4H8O/c22-21(23,24)33(29,30)32-16-3-1-12(2-4-16)5-13-6-18(19(28)7-14(13)10-25)20-9-15(27)8-17(11-26)31-20;1-2-4-5-3-1/h1-4,6-7,15,17,20,26-28H,5,8-9,11H2;1-4H2. The van der Waals surface area contributed by atoms with Crippen molar-refractivity contribution in [1.82, 2.24) is 0 Å². The second-order valence-electron chi connectivity index (χ2n) is 8.86. The Kier molecular flexibility index (Phi) is 9.97. The Balaban J connectivity index is 0.000000715. The van der Waals surface area contributed by atoms with E-state index in [2.05, 4.69) is 4.18 Å². The summed E-state index contributed by atoms with van der Waals surface area (Å²) in [6.45, 7) is 1.69. The first-order valence-corrected chi connectivity index (χ1v) is 13.2. The lowest BCUT2D eigenvalue weighted by molar-refractivity contribution is -0.114. The van der Waals surface area contributed by atoms with Crippen LogP contribution in [0, 0.1) is 11.3 Å². The van der Waals surface area contributed by atoms with Gasteiger partial charge in [0, 0.05) is 31.6 Å². The van der Waals surface area contributed by atoms with Crippen LogP contribution in [0.4, 0.5) is 13.2 Å². The largest absolute Gasteiger partial charge is 0.534 e. The van der Waals surface area contributed by atoms with Crippen LogP contribution in [-0.2, 0) is 26.0 Å². The van der Waals surface area contributed by atoms with Crippen LogP contribution in [0.25, 0.3) is 0 Å². The van der Waals surface area contributed by atoms with E-state index in [1.807, 2.05) is 6.07 Å². The highest BCUT2D eigenvalue weighted by atomic mass is 32.2. The monoisotopic (exact) mass is 559 g/mol. The molecular formula is C25H28F3NO8S. The van der Waals surface area contributed by atoms with Gasteiger partial charge in [-0.1, -0.05) is 12.1 Å². The molecule has 3 atom stereocenters. The van der Waals surface area contributed by atoms with Gasteiger partial charge in [-0.3, -0.25) is 0 Å². The van der Waals surface area contributed by atoms with Crippen molar-refractivity contribution in [3.05, 3.63) is 58.7 Å². The third kappa shape index (κ3) is 7.81. The molecule has 9 nitrogen and oxygen atoms in total. The molecule has 0 spiro atoms. The lowest BCUT2D eigenvalue weighted by Gasteiger charge is -2.33. The summed E-state index contributed by atoms with van der Waals surface area (Å²) in [5, 5.41) is 39.2. The highest BCUT2D eigenvalue weighted by Gasteiger charge is 2.48. The van der Waals surface area contributed by atoms with Gasteiger partial charge in [0.25, 0.3) is 0 Å². The third-order valence-corrected chi connectivity index (χ3v) is 6.91. The zero-order valence-electron chi connectivity index (χ0n) is 20.2. The zero-order chi connectivity index (χ0) is 27.9. The van der Waals surface area contributed by atoms with Gasteiger partial charge in [-0.15, -0.1) is 0 Å². The summed E-state index contributed by atoms with van der Waals surface area (Å²) in [4.78, 5) is 0. The SMILES string of the molecule is C1CCOC1.N#Cc1cc(O)c(C2CC(O)CC(CO)O2)cc1Cc1ccc(OS(=O)(=O)C(F)(F)F)cc1. The van der Waals surface area contributed by atoms with E-state index in [1.165, 1.54) is 37.1 Å². The average Bonchev–Trinajstić information content (AvgIpc) is 3.45. The van der Waals surface area contributed by atoms with E-state index in [1.54, 1.807) is 0 Å². The maximum absolute atomic E-state index is 12.5. The number of hydrogen-bond donors (Lipinski definition) is 3. The zero-order valence-corrected chi connectivity index (χ0v) is 21.0. The summed E-state index contributed by atoms with van der Waals surface area (Å²) in [6, 6.07) is 9.53. The van der Waals surface area contributed by atoms with Crippen molar-refractivity contribution in [2.75, 3.05) is 19.8 Å². The van der Waals surface area contributed by atoms with Crippen LogP contribution in [0.3, 0.4) is 0 Å². The van der Waals surface area contributed by atoms with Crippen LogP contribution in [0.1, 0.15) is 54.0 Å². The molecule has 0 bridgehead atoms. The van der Waals surface area contributed by atoms with Crippen LogP contribution in [0.5, 0.6) is 11.5 Å². The fourth-order valence-corrected chi connectivity index (χ4v) is 4.49. The van der Waals surface area contributed by atoms with Crippen molar-refractivity contribution in [3.8, 4) is 17.6 Å². The van der Waals surface area contributed by atoms with E-state index in [0.717, 1.165) is 25.3 Å². The van der Waals surface area contributed by atoms with E-state index in [0.29, 0.717) is 16.7 Å². The highest BCUT2D eigenvalue weighted by molar-refractivity contribution is 7.88. The van der Waals surface area contributed by atoms with Crippen LogP contribution < -0.4 is 4.18 Å². The Bertz CT molecular complexity index is 1220. The van der Waals surface area contributed by atoms with Gasteiger partial charge in [0.1, 0.15) is 11.5 Å². The topological polar surface area (TPSA) is 146 Å². The molecule has 4 rings (SSSR count). The summed E-state index contributed by atoms with van der Waals surface area (Å²) in [5.41, 5.74) is -4.10. The molecule has 2 aliphatic rings. The molecule has 13 heteroatoms. The minimum atomic E-state index is -5.79. The van der Waals surface area contributed by atoms with E-state index in [4.69, 9.17) is 9.47 Å². The highest BCUT2D eigenvalue weighted by Crippen LogP contribution is 2.38. The molecule has 2 heterocycles. The summed E-state index contributed by atoms with van der Waals surface area (Å²) >= 11 is 0. The first kappa shape index (κ1) is 29.7. The molecule has 3 unspecified atom stereocenters. The van der Waals surface area contributed by atoms with Gasteiger partial charge in [-0.25, -0.2) is 0 Å². The first-order chi connectivity index (χ1) is 17.9. The Morgan fingerprint density at radius 2 is 1.76 bits per heavy atom. The van der Waals surface area contributed by atoms with Gasteiger partial charge < -0.3 is 29.0 Å². The molecule has 2 aromatic rings. The molecule has 0 radical (unpaired) electrons. The number of phenols is 1. The number of aliphatic hydroxyl groups is 2. The molecule has 2 saturated heterocycles. The number of hydrogen-bond acceptors (Lipinski definition) is 9. The summed E-state index contributed by atoms with van der Waals surface area (Å²) in [5.74, 6) is -0.741. The lowest BCUT2D eigenvalue weighted by atomic mass is 9.91. The van der Waals surface area contributed by atoms with E-state index >= 15 is 0 Å². The number of rotatable bonds is 6. The molecule has 0 aliphatic carbocycles. The number of nitrogens with zero attached hydrogens (tertiary/aromatic N) is 1. The minimum Gasteiger partial charge on any atom is -0.508 e. The van der Waals surface area contributed by atoms with E-state index < -0.39 is 39.7 Å². The number of aliphatic hydroxyl groups excluding tert-OH is 2. The van der Waals surface area contributed by atoms with Gasteiger partial charge in [0.05, 0.1) is 36.6 Å². The van der Waals surface area contributed by atoms with E-state index in [9.17, 15) is 42.2 Å².